The molecule has 18 rings (SSSR count). The van der Waals surface area contributed by atoms with Gasteiger partial charge in [0.05, 0.1) is 29.3 Å². The van der Waals surface area contributed by atoms with Crippen molar-refractivity contribution in [2.75, 3.05) is 0 Å². The lowest BCUT2D eigenvalue weighted by Gasteiger charge is -1.99. The van der Waals surface area contributed by atoms with Crippen LogP contribution < -0.4 is 0 Å². The van der Waals surface area contributed by atoms with Crippen LogP contribution in [0.3, 0.4) is 0 Å². The third-order valence-corrected chi connectivity index (χ3v) is 35.5. The van der Waals surface area contributed by atoms with E-state index < -0.39 is 0 Å². The van der Waals surface area contributed by atoms with Crippen LogP contribution in [0.5, 0.6) is 0 Å². The molecule has 0 amide bonds. The minimum atomic E-state index is 1.29. The molecule has 0 saturated heterocycles. The summed E-state index contributed by atoms with van der Waals surface area (Å²) in [5, 5.41) is 17.6. The molecule has 0 aliphatic carbocycles. The summed E-state index contributed by atoms with van der Waals surface area (Å²) in [6.45, 7) is 0. The molecule has 0 N–H and O–H groups in total. The lowest BCUT2D eigenvalue weighted by molar-refractivity contribution is 1.83. The van der Waals surface area contributed by atoms with Gasteiger partial charge in [0.1, 0.15) is 0 Å². The zero-order valence-corrected chi connectivity index (χ0v) is 61.0. The normalized spacial score (nSPS) is 11.8. The van der Waals surface area contributed by atoms with Crippen molar-refractivity contribution < 1.29 is 0 Å². The Balaban J connectivity index is 0.780. The number of hydrogen-bond acceptors (Lipinski definition) is 18. The SMILES string of the molecule is c1csc(-c2cc(-c3ccc(-c4cc(-c5cc(-c6ccc(-c7cc(-c8cccs8)c(-c8cccs8)s7)s6)c(-c6ccc(-c7cc(-c8cccs8)c(-c8cccs8)s7)s6)s5)sc4-c4ccc(-c5cc(-c6cccs6)c(-c6cccs6)s5)s4)s3)sc2-c2cccs2)c1. The monoisotopic (exact) mass is 1480 g/mol. The number of rotatable bonds is 17. The molecule has 0 aliphatic rings. The topological polar surface area (TPSA) is 0 Å². The van der Waals surface area contributed by atoms with Crippen LogP contribution in [0.4, 0.5) is 0 Å². The molecule has 0 aromatic carbocycles. The highest BCUT2D eigenvalue weighted by molar-refractivity contribution is 7.34. The summed E-state index contributed by atoms with van der Waals surface area (Å²) in [5.74, 6) is 0. The third-order valence-electron chi connectivity index (χ3n) is 15.1. The Bertz CT molecular complexity index is 4510. The van der Waals surface area contributed by atoms with Crippen LogP contribution >= 0.6 is 204 Å². The fraction of sp³-hybridized carbons (Fsp3) is 0. The van der Waals surface area contributed by atoms with Crippen LogP contribution in [0.15, 0.2) is 225 Å². The van der Waals surface area contributed by atoms with Crippen LogP contribution in [-0.4, -0.2) is 0 Å². The molecule has 0 atom stereocenters. The zero-order chi connectivity index (χ0) is 59.2. The van der Waals surface area contributed by atoms with Gasteiger partial charge >= 0.3 is 0 Å². The summed E-state index contributed by atoms with van der Waals surface area (Å²) in [7, 11) is 0. The van der Waals surface area contributed by atoms with Crippen LogP contribution in [0.25, 0.3) is 170 Å². The Kier molecular flexibility index (Phi) is 15.6. The predicted molar refractivity (Wildman–Crippen MR) is 421 cm³/mol. The average molecular weight is 1480 g/mol. The van der Waals surface area contributed by atoms with Crippen molar-refractivity contribution in [3.8, 4) is 170 Å². The lowest BCUT2D eigenvalue weighted by atomic mass is 10.1. The Morgan fingerprint density at radius 3 is 0.544 bits per heavy atom. The Labute approximate surface area is 591 Å². The molecule has 0 unspecified atom stereocenters. The van der Waals surface area contributed by atoms with Crippen LogP contribution in [-0.2, 0) is 0 Å². The lowest BCUT2D eigenvalue weighted by Crippen LogP contribution is -1.70. The summed E-state index contributed by atoms with van der Waals surface area (Å²) in [4.78, 5) is 36.8. The molecule has 0 fully saturated rings. The van der Waals surface area contributed by atoms with Gasteiger partial charge in [-0.1, -0.05) is 48.5 Å². The van der Waals surface area contributed by atoms with Gasteiger partial charge in [0.25, 0.3) is 0 Å². The smallest absolute Gasteiger partial charge is 0.0536 e. The van der Waals surface area contributed by atoms with Crippen molar-refractivity contribution in [2.24, 2.45) is 0 Å². The molecule has 0 radical (unpaired) electrons. The minimum Gasteiger partial charge on any atom is -0.144 e. The third kappa shape index (κ3) is 10.7. The Morgan fingerprint density at radius 1 is 0.133 bits per heavy atom. The van der Waals surface area contributed by atoms with Crippen molar-refractivity contribution in [2.45, 2.75) is 0 Å². The van der Waals surface area contributed by atoms with E-state index >= 15 is 0 Å². The summed E-state index contributed by atoms with van der Waals surface area (Å²) in [6, 6.07) is 69.4. The standard InChI is InChI=1S/C72H38S18/c1-9-45(73-25-1)39-33-61(85-67(39)55-13-5-29-77-55)51-19-17-49(81-51)43-37-65(89-71(43)59-23-21-53(83-59)63-35-41(47-11-3-27-75-47)69(87-63)57-15-7-31-79-57)66-38-44(50-18-20-52(82-50)62-34-40(46-10-2-26-74-46)68(86-62)56-14-6-30-78-56)72(90-66)60-24-22-54(84-60)64-36-42(48-12-4-28-76-48)70(88-64)58-16-8-32-80-58/h1-38H. The largest absolute Gasteiger partial charge is 0.144 e. The first-order valence-electron chi connectivity index (χ1n) is 28.1. The van der Waals surface area contributed by atoms with Gasteiger partial charge in [-0.05, 0) is 177 Å². The van der Waals surface area contributed by atoms with E-state index in [4.69, 9.17) is 0 Å². The maximum absolute atomic E-state index is 2.53. The summed E-state index contributed by atoms with van der Waals surface area (Å²) >= 11 is 33.9. The molecule has 90 heavy (non-hydrogen) atoms. The van der Waals surface area contributed by atoms with E-state index in [1.165, 1.54) is 170 Å². The molecule has 0 saturated carbocycles. The molecule has 0 spiro atoms. The molecule has 434 valence electrons. The Hall–Kier alpha value is -5.40. The van der Waals surface area contributed by atoms with Gasteiger partial charge in [-0.25, -0.2) is 0 Å². The van der Waals surface area contributed by atoms with Crippen molar-refractivity contribution in [3.63, 3.8) is 0 Å². The van der Waals surface area contributed by atoms with Gasteiger partial charge < -0.3 is 0 Å². The number of thiophene rings is 18. The van der Waals surface area contributed by atoms with E-state index in [1.54, 1.807) is 0 Å². The highest BCUT2D eigenvalue weighted by atomic mass is 32.2. The molecular formula is C72H38S18. The van der Waals surface area contributed by atoms with Gasteiger partial charge in [0, 0.05) is 141 Å². The van der Waals surface area contributed by atoms with E-state index in [0.717, 1.165) is 0 Å². The fourth-order valence-corrected chi connectivity index (χ4v) is 29.6. The van der Waals surface area contributed by atoms with Crippen molar-refractivity contribution in [1.29, 1.82) is 0 Å². The van der Waals surface area contributed by atoms with Crippen LogP contribution in [0, 0.1) is 0 Å². The van der Waals surface area contributed by atoms with Gasteiger partial charge in [-0.15, -0.1) is 204 Å². The molecule has 0 nitrogen and oxygen atoms in total. The van der Waals surface area contributed by atoms with Crippen molar-refractivity contribution >= 4 is 204 Å². The maximum atomic E-state index is 2.53. The molecule has 18 aromatic heterocycles. The Morgan fingerprint density at radius 2 is 0.311 bits per heavy atom. The molecule has 0 bridgehead atoms. The second-order valence-corrected chi connectivity index (χ2v) is 38.8. The first-order chi connectivity index (χ1) is 44.5. The van der Waals surface area contributed by atoms with E-state index in [-0.39, 0.29) is 0 Å². The average Bonchev–Trinajstić information content (AvgIpc) is 1.85. The summed E-state index contributed by atoms with van der Waals surface area (Å²) < 4.78 is 0. The molecular weight excluding hydrogens is 1440 g/mol. The highest BCUT2D eigenvalue weighted by Gasteiger charge is 2.27. The van der Waals surface area contributed by atoms with E-state index in [0.29, 0.717) is 0 Å². The van der Waals surface area contributed by atoms with Crippen molar-refractivity contribution in [3.05, 3.63) is 225 Å². The van der Waals surface area contributed by atoms with E-state index in [2.05, 4.69) is 225 Å². The molecule has 18 heteroatoms. The van der Waals surface area contributed by atoms with Gasteiger partial charge in [-0.2, -0.15) is 0 Å². The maximum Gasteiger partial charge on any atom is 0.0536 e. The summed E-state index contributed by atoms with van der Waals surface area (Å²) in [6.07, 6.45) is 0. The second kappa shape index (κ2) is 24.5. The van der Waals surface area contributed by atoms with Gasteiger partial charge in [0.15, 0.2) is 0 Å². The predicted octanol–water partition coefficient (Wildman–Crippen LogP) is 31.1. The fourth-order valence-electron chi connectivity index (χ4n) is 11.0. The van der Waals surface area contributed by atoms with Crippen LogP contribution in [0.2, 0.25) is 0 Å². The van der Waals surface area contributed by atoms with E-state index in [1.807, 2.05) is 204 Å². The van der Waals surface area contributed by atoms with Gasteiger partial charge in [0.2, 0.25) is 0 Å². The van der Waals surface area contributed by atoms with Gasteiger partial charge in [-0.3, -0.25) is 0 Å². The minimum absolute atomic E-state index is 1.29. The first kappa shape index (κ1) is 57.3. The number of hydrogen-bond donors (Lipinski definition) is 0. The molecule has 18 heterocycles. The summed E-state index contributed by atoms with van der Waals surface area (Å²) in [5.41, 5.74) is 7.91. The zero-order valence-electron chi connectivity index (χ0n) is 46.3. The molecule has 18 aromatic rings. The van der Waals surface area contributed by atoms with E-state index in [9.17, 15) is 0 Å². The van der Waals surface area contributed by atoms with Crippen LogP contribution in [0.1, 0.15) is 0 Å². The highest BCUT2D eigenvalue weighted by Crippen LogP contribution is 2.58. The molecule has 0 aliphatic heterocycles. The first-order valence-corrected chi connectivity index (χ1v) is 43.3. The van der Waals surface area contributed by atoms with Crippen molar-refractivity contribution in [1.82, 2.24) is 0 Å². The second-order valence-electron chi connectivity index (χ2n) is 20.6. The quantitative estimate of drug-likeness (QED) is 0.0852.